The first-order chi connectivity index (χ1) is 19.1. The molecule has 3 N–H and O–H groups in total. The number of halogens is 6. The summed E-state index contributed by atoms with van der Waals surface area (Å²) in [5.74, 6) is -6.80. The van der Waals surface area contributed by atoms with E-state index in [1.165, 1.54) is 19.1 Å². The molecule has 0 spiro atoms. The van der Waals surface area contributed by atoms with E-state index < -0.39 is 73.8 Å². The number of primary amides is 1. The van der Waals surface area contributed by atoms with Crippen LogP contribution in [0.25, 0.3) is 0 Å². The number of nitrogens with zero attached hydrogens (tertiary/aromatic N) is 2. The number of carbonyl (C=O) groups is 3. The van der Waals surface area contributed by atoms with E-state index in [9.17, 15) is 40.7 Å². The molecule has 0 saturated heterocycles. The number of likely N-dealkylation sites (N-methyl/N-ethyl adjacent to an activating group) is 1. The zero-order valence-electron chi connectivity index (χ0n) is 22.1. The lowest BCUT2D eigenvalue weighted by molar-refractivity contribution is -0.152. The number of aliphatic imine (C=N–C) groups is 1. The van der Waals surface area contributed by atoms with Crippen LogP contribution in [0, 0.1) is 11.8 Å². The molecule has 1 aliphatic rings. The van der Waals surface area contributed by atoms with Gasteiger partial charge < -0.3 is 20.7 Å². The maximum absolute atomic E-state index is 13.5. The minimum absolute atomic E-state index is 0.251. The van der Waals surface area contributed by atoms with Gasteiger partial charge in [0.25, 0.3) is 5.91 Å². The van der Waals surface area contributed by atoms with Gasteiger partial charge in [0.05, 0.1) is 18.5 Å². The summed E-state index contributed by atoms with van der Waals surface area (Å²) in [6, 6.07) is 13.3. The van der Waals surface area contributed by atoms with E-state index in [1.54, 1.807) is 48.5 Å². The molecular formula is C27H28F6N4O4. The summed E-state index contributed by atoms with van der Waals surface area (Å²) in [5.41, 5.74) is 6.86. The van der Waals surface area contributed by atoms with Crippen molar-refractivity contribution in [1.82, 2.24) is 5.32 Å². The lowest BCUT2D eigenvalue weighted by Crippen LogP contribution is -2.50. The van der Waals surface area contributed by atoms with Gasteiger partial charge in [-0.3, -0.25) is 14.4 Å². The predicted molar refractivity (Wildman–Crippen MR) is 137 cm³/mol. The molecule has 1 aliphatic heterocycles. The number of amides is 3. The normalized spacial score (nSPS) is 17.2. The van der Waals surface area contributed by atoms with Crippen molar-refractivity contribution in [2.45, 2.75) is 44.2 Å². The molecule has 2 aromatic carbocycles. The van der Waals surface area contributed by atoms with Crippen LogP contribution in [0.1, 0.15) is 36.8 Å². The lowest BCUT2D eigenvalue weighted by atomic mass is 9.83. The molecule has 41 heavy (non-hydrogen) atoms. The molecule has 0 radical (unpaired) electrons. The second kappa shape index (κ2) is 12.6. The Kier molecular flexibility index (Phi) is 9.66. The third-order valence-electron chi connectivity index (χ3n) is 6.64. The molecule has 14 heteroatoms. The minimum Gasteiger partial charge on any atom is -0.497 e. The molecule has 0 fully saturated rings. The highest BCUT2D eigenvalue weighted by atomic mass is 19.4. The maximum atomic E-state index is 13.5. The summed E-state index contributed by atoms with van der Waals surface area (Å²) in [6.07, 6.45) is -16.4. The minimum atomic E-state index is -4.78. The second-order valence-corrected chi connectivity index (χ2v) is 9.46. The van der Waals surface area contributed by atoms with Gasteiger partial charge in [0.2, 0.25) is 18.0 Å². The highest BCUT2D eigenvalue weighted by molar-refractivity contribution is 6.20. The quantitative estimate of drug-likeness (QED) is 0.403. The molecule has 0 aromatic heterocycles. The predicted octanol–water partition coefficient (Wildman–Crippen LogP) is 4.35. The number of rotatable bonds is 10. The summed E-state index contributed by atoms with van der Waals surface area (Å²) in [7, 11) is 2.81. The van der Waals surface area contributed by atoms with Gasteiger partial charge in [0.15, 0.2) is 0 Å². The van der Waals surface area contributed by atoms with Crippen molar-refractivity contribution >= 4 is 29.1 Å². The van der Waals surface area contributed by atoms with E-state index in [1.807, 2.05) is 0 Å². The number of nitrogens with two attached hydrogens (primary N) is 1. The number of nitrogens with one attached hydrogen (secondary N) is 1. The van der Waals surface area contributed by atoms with E-state index in [0.717, 1.165) is 0 Å². The fraction of sp³-hybridized carbons (Fsp3) is 0.407. The van der Waals surface area contributed by atoms with Crippen LogP contribution in [-0.2, 0) is 14.4 Å². The van der Waals surface area contributed by atoms with Crippen molar-refractivity contribution in [1.29, 1.82) is 0 Å². The van der Waals surface area contributed by atoms with E-state index >= 15 is 0 Å². The second-order valence-electron chi connectivity index (χ2n) is 9.46. The third-order valence-corrected chi connectivity index (χ3v) is 6.64. The summed E-state index contributed by atoms with van der Waals surface area (Å²) >= 11 is 0. The molecule has 3 atom stereocenters. The zero-order valence-corrected chi connectivity index (χ0v) is 22.1. The Bertz CT molecular complexity index is 1300. The largest absolute Gasteiger partial charge is 0.497 e. The number of hydrogen-bond donors (Lipinski definition) is 2. The van der Waals surface area contributed by atoms with Gasteiger partial charge in [-0.2, -0.15) is 26.3 Å². The maximum Gasteiger partial charge on any atom is 0.389 e. The molecule has 0 aliphatic carbocycles. The Morgan fingerprint density at radius 3 is 2.12 bits per heavy atom. The van der Waals surface area contributed by atoms with E-state index in [0.29, 0.717) is 22.6 Å². The first-order valence-corrected chi connectivity index (χ1v) is 12.4. The van der Waals surface area contributed by atoms with Crippen molar-refractivity contribution < 1.29 is 45.5 Å². The Balaban J connectivity index is 2.04. The molecule has 0 bridgehead atoms. The number of anilines is 1. The first kappa shape index (κ1) is 31.4. The van der Waals surface area contributed by atoms with Crippen molar-refractivity contribution in [2.75, 3.05) is 19.1 Å². The molecule has 222 valence electrons. The standard InChI is InChI=1S/C27H28F6N4O4/c1-37-20-14-16(41-2)8-9-19(20)21(15-6-4-3-5-7-15)35-23(25(37)40)36-24(39)18(11-13-27(31,32)33)17(22(34)38)10-12-26(28,29)30/h3-9,14,17-18,23H,10-13H2,1-2H3,(H2,34,38)(H,36,39)/t17-,18+,23-/m1/s1. The molecule has 8 nitrogen and oxygen atoms in total. The average Bonchev–Trinajstić information content (AvgIpc) is 2.99. The van der Waals surface area contributed by atoms with Gasteiger partial charge >= 0.3 is 12.4 Å². The van der Waals surface area contributed by atoms with Crippen LogP contribution < -0.4 is 20.7 Å². The van der Waals surface area contributed by atoms with Crippen LogP contribution in [0.15, 0.2) is 53.5 Å². The van der Waals surface area contributed by atoms with Gasteiger partial charge in [-0.15, -0.1) is 0 Å². The third kappa shape index (κ3) is 8.21. The Morgan fingerprint density at radius 1 is 1.00 bits per heavy atom. The van der Waals surface area contributed by atoms with Gasteiger partial charge in [0.1, 0.15) is 5.75 Å². The lowest BCUT2D eigenvalue weighted by Gasteiger charge is -2.27. The molecular weight excluding hydrogens is 558 g/mol. The van der Waals surface area contributed by atoms with Crippen molar-refractivity contribution in [2.24, 2.45) is 22.6 Å². The van der Waals surface area contributed by atoms with E-state index in [4.69, 9.17) is 10.5 Å². The number of benzene rings is 2. The number of fused-ring (bicyclic) bond motifs is 1. The number of ether oxygens (including phenoxy) is 1. The summed E-state index contributed by atoms with van der Waals surface area (Å²) in [5, 5.41) is 2.27. The van der Waals surface area contributed by atoms with Gasteiger partial charge in [0, 0.05) is 48.9 Å². The van der Waals surface area contributed by atoms with Gasteiger partial charge in [-0.25, -0.2) is 4.99 Å². The Morgan fingerprint density at radius 2 is 1.59 bits per heavy atom. The fourth-order valence-corrected chi connectivity index (χ4v) is 4.53. The fourth-order valence-electron chi connectivity index (χ4n) is 4.53. The average molecular weight is 587 g/mol. The van der Waals surface area contributed by atoms with Crippen molar-refractivity contribution in [3.8, 4) is 5.75 Å². The van der Waals surface area contributed by atoms with Gasteiger partial charge in [-0.1, -0.05) is 30.3 Å². The Labute approximate surface area is 231 Å². The summed E-state index contributed by atoms with van der Waals surface area (Å²) in [4.78, 5) is 44.5. The summed E-state index contributed by atoms with van der Waals surface area (Å²) < 4.78 is 83.2. The zero-order chi connectivity index (χ0) is 30.5. The van der Waals surface area contributed by atoms with Crippen LogP contribution in [0.4, 0.5) is 32.0 Å². The molecule has 3 rings (SSSR count). The van der Waals surface area contributed by atoms with Crippen LogP contribution in [0.2, 0.25) is 0 Å². The number of benzodiazepines with no additional fused rings is 1. The van der Waals surface area contributed by atoms with Crippen LogP contribution in [0.3, 0.4) is 0 Å². The van der Waals surface area contributed by atoms with Crippen LogP contribution in [0.5, 0.6) is 5.75 Å². The monoisotopic (exact) mass is 586 g/mol. The number of methoxy groups -OCH3 is 1. The van der Waals surface area contributed by atoms with Crippen LogP contribution >= 0.6 is 0 Å². The number of hydrogen-bond acceptors (Lipinski definition) is 5. The highest BCUT2D eigenvalue weighted by Crippen LogP contribution is 2.34. The van der Waals surface area contributed by atoms with Crippen molar-refractivity contribution in [3.63, 3.8) is 0 Å². The molecule has 2 aromatic rings. The summed E-state index contributed by atoms with van der Waals surface area (Å²) in [6.45, 7) is 0. The first-order valence-electron chi connectivity index (χ1n) is 12.4. The number of carbonyl (C=O) groups excluding carboxylic acids is 3. The van der Waals surface area contributed by atoms with Crippen LogP contribution in [-0.4, -0.2) is 56.1 Å². The number of alkyl halides is 6. The Hall–Kier alpha value is -4.10. The van der Waals surface area contributed by atoms with E-state index in [-0.39, 0.29) is 5.71 Å². The molecule has 0 saturated carbocycles. The highest BCUT2D eigenvalue weighted by Gasteiger charge is 2.41. The van der Waals surface area contributed by atoms with Gasteiger partial charge in [-0.05, 0) is 25.0 Å². The molecule has 1 heterocycles. The van der Waals surface area contributed by atoms with Crippen molar-refractivity contribution in [3.05, 3.63) is 59.7 Å². The molecule has 0 unspecified atom stereocenters. The topological polar surface area (TPSA) is 114 Å². The smallest absolute Gasteiger partial charge is 0.389 e. The molecule has 3 amide bonds. The van der Waals surface area contributed by atoms with E-state index in [2.05, 4.69) is 10.3 Å². The SMILES string of the molecule is COc1ccc2c(c1)N(C)C(=O)[C@@H](NC(=O)[C@@H](CCC(F)(F)F)[C@@H](CCC(F)(F)F)C(N)=O)N=C2c1ccccc1.